The van der Waals surface area contributed by atoms with Crippen molar-refractivity contribution in [3.05, 3.63) is 21.0 Å². The van der Waals surface area contributed by atoms with Crippen molar-refractivity contribution < 1.29 is 4.79 Å². The topological polar surface area (TPSA) is 32.3 Å². The van der Waals surface area contributed by atoms with Gasteiger partial charge in [0.15, 0.2) is 0 Å². The lowest BCUT2D eigenvalue weighted by Gasteiger charge is -2.19. The zero-order valence-corrected chi connectivity index (χ0v) is 10.8. The van der Waals surface area contributed by atoms with E-state index in [1.807, 2.05) is 6.92 Å². The molecule has 0 bridgehead atoms. The number of nitrogens with zero attached hydrogens (tertiary/aromatic N) is 1. The first-order chi connectivity index (χ1) is 7.13. The van der Waals surface area contributed by atoms with E-state index >= 15 is 0 Å². The number of carbonyl (C=O) groups excluding carboxylic acids is 1. The summed E-state index contributed by atoms with van der Waals surface area (Å²) in [5, 5.41) is 5.69. The van der Waals surface area contributed by atoms with Gasteiger partial charge in [0, 0.05) is 12.2 Å². The maximum Gasteiger partial charge on any atom is 0.266 e. The fourth-order valence-electron chi connectivity index (χ4n) is 1.45. The fourth-order valence-corrected chi connectivity index (χ4v) is 3.74. The molecule has 0 atom stereocenters. The Morgan fingerprint density at radius 2 is 2.33 bits per heavy atom. The SMILES string of the molecule is CCN1C(C)=CS/C1=C1\SC(=S)NC1=O. The molecule has 3 nitrogen and oxygen atoms in total. The summed E-state index contributed by atoms with van der Waals surface area (Å²) in [6.07, 6.45) is 0. The summed E-state index contributed by atoms with van der Waals surface area (Å²) in [4.78, 5) is 14.4. The van der Waals surface area contributed by atoms with Gasteiger partial charge in [0.25, 0.3) is 5.91 Å². The van der Waals surface area contributed by atoms with Gasteiger partial charge >= 0.3 is 0 Å². The Kier molecular flexibility index (Phi) is 3.08. The third-order valence-electron chi connectivity index (χ3n) is 2.14. The summed E-state index contributed by atoms with van der Waals surface area (Å²) >= 11 is 7.90. The summed E-state index contributed by atoms with van der Waals surface area (Å²) in [6.45, 7) is 4.98. The summed E-state index contributed by atoms with van der Waals surface area (Å²) in [7, 11) is 0. The molecule has 0 aliphatic carbocycles. The monoisotopic (exact) mass is 258 g/mol. The van der Waals surface area contributed by atoms with Crippen LogP contribution in [0.4, 0.5) is 0 Å². The van der Waals surface area contributed by atoms with Crippen LogP contribution in [0.25, 0.3) is 0 Å². The van der Waals surface area contributed by atoms with Gasteiger partial charge in [0.1, 0.15) is 9.23 Å². The van der Waals surface area contributed by atoms with Gasteiger partial charge in [-0.25, -0.2) is 0 Å². The van der Waals surface area contributed by atoms with E-state index in [1.54, 1.807) is 11.8 Å². The molecule has 0 aromatic rings. The standard InChI is InChI=1S/C9H10N2OS3/c1-3-11-5(2)4-14-8(11)6-7(12)10-9(13)15-6/h4H,3H2,1-2H3,(H,10,12,13)/b8-6-. The number of nitrogens with one attached hydrogen (secondary N) is 1. The van der Waals surface area contributed by atoms with Crippen LogP contribution in [0.5, 0.6) is 0 Å². The van der Waals surface area contributed by atoms with Crippen LogP contribution in [-0.2, 0) is 4.79 Å². The van der Waals surface area contributed by atoms with Crippen LogP contribution >= 0.6 is 35.7 Å². The molecule has 0 radical (unpaired) electrons. The molecular weight excluding hydrogens is 248 g/mol. The van der Waals surface area contributed by atoms with Crippen LogP contribution in [0.1, 0.15) is 13.8 Å². The van der Waals surface area contributed by atoms with E-state index in [9.17, 15) is 4.79 Å². The van der Waals surface area contributed by atoms with E-state index in [0.29, 0.717) is 4.32 Å². The second kappa shape index (κ2) is 4.19. The lowest BCUT2D eigenvalue weighted by atomic mass is 10.4. The van der Waals surface area contributed by atoms with E-state index in [2.05, 4.69) is 22.5 Å². The van der Waals surface area contributed by atoms with Crippen LogP contribution < -0.4 is 5.32 Å². The zero-order chi connectivity index (χ0) is 11.0. The van der Waals surface area contributed by atoms with Crippen molar-refractivity contribution in [1.29, 1.82) is 0 Å². The highest BCUT2D eigenvalue weighted by molar-refractivity contribution is 8.27. The van der Waals surface area contributed by atoms with Crippen molar-refractivity contribution in [3.8, 4) is 0 Å². The number of hydrogen-bond donors (Lipinski definition) is 1. The molecule has 2 rings (SSSR count). The minimum Gasteiger partial charge on any atom is -0.339 e. The van der Waals surface area contributed by atoms with Crippen LogP contribution in [-0.4, -0.2) is 21.7 Å². The molecule has 2 aliphatic rings. The second-order valence-corrected chi connectivity index (χ2v) is 5.64. The third kappa shape index (κ3) is 1.93. The first-order valence-electron chi connectivity index (χ1n) is 4.52. The van der Waals surface area contributed by atoms with Crippen LogP contribution in [0.2, 0.25) is 0 Å². The van der Waals surface area contributed by atoms with Crippen LogP contribution in [0.15, 0.2) is 21.0 Å². The predicted octanol–water partition coefficient (Wildman–Crippen LogP) is 2.23. The molecular formula is C9H10N2OS3. The van der Waals surface area contributed by atoms with Gasteiger partial charge in [-0.05, 0) is 19.3 Å². The molecule has 0 aromatic carbocycles. The zero-order valence-electron chi connectivity index (χ0n) is 8.36. The van der Waals surface area contributed by atoms with Crippen LogP contribution in [0.3, 0.4) is 0 Å². The molecule has 1 amide bonds. The Morgan fingerprint density at radius 1 is 1.60 bits per heavy atom. The predicted molar refractivity (Wildman–Crippen MR) is 69.1 cm³/mol. The van der Waals surface area contributed by atoms with Gasteiger partial charge in [-0.2, -0.15) is 0 Å². The molecule has 0 unspecified atom stereocenters. The van der Waals surface area contributed by atoms with E-state index in [-0.39, 0.29) is 5.91 Å². The first-order valence-corrected chi connectivity index (χ1v) is 6.62. The average molecular weight is 258 g/mol. The van der Waals surface area contributed by atoms with Crippen LogP contribution in [0, 0.1) is 0 Å². The number of thiocarbonyl (C=S) groups is 1. The number of thioether (sulfide) groups is 2. The molecule has 1 fully saturated rings. The lowest BCUT2D eigenvalue weighted by Crippen LogP contribution is -2.21. The lowest BCUT2D eigenvalue weighted by molar-refractivity contribution is -0.115. The molecule has 0 aromatic heterocycles. The van der Waals surface area contributed by atoms with Gasteiger partial charge in [0.2, 0.25) is 0 Å². The molecule has 1 N–H and O–H groups in total. The van der Waals surface area contributed by atoms with E-state index in [0.717, 1.165) is 16.5 Å². The highest BCUT2D eigenvalue weighted by Gasteiger charge is 2.30. The highest BCUT2D eigenvalue weighted by Crippen LogP contribution is 2.41. The minimum absolute atomic E-state index is 0.0750. The van der Waals surface area contributed by atoms with Gasteiger partial charge in [-0.3, -0.25) is 4.79 Å². The number of allylic oxidation sites excluding steroid dienone is 1. The number of amides is 1. The fraction of sp³-hybridized carbons (Fsp3) is 0.333. The smallest absolute Gasteiger partial charge is 0.266 e. The molecule has 0 spiro atoms. The summed E-state index contributed by atoms with van der Waals surface area (Å²) in [5.41, 5.74) is 1.18. The van der Waals surface area contributed by atoms with Gasteiger partial charge in [-0.15, -0.1) is 0 Å². The first kappa shape index (κ1) is 11.0. The Morgan fingerprint density at radius 3 is 2.87 bits per heavy atom. The van der Waals surface area contributed by atoms with Crippen molar-refractivity contribution in [2.45, 2.75) is 13.8 Å². The average Bonchev–Trinajstić information content (AvgIpc) is 2.69. The molecule has 2 aliphatic heterocycles. The summed E-state index contributed by atoms with van der Waals surface area (Å²) in [5.74, 6) is -0.0750. The Bertz CT molecular complexity index is 400. The van der Waals surface area contributed by atoms with Gasteiger partial charge in [-0.1, -0.05) is 35.7 Å². The molecule has 80 valence electrons. The maximum atomic E-state index is 11.6. The Balaban J connectivity index is 2.35. The van der Waals surface area contributed by atoms with Crippen molar-refractivity contribution in [2.24, 2.45) is 0 Å². The van der Waals surface area contributed by atoms with E-state index < -0.39 is 0 Å². The van der Waals surface area contributed by atoms with Gasteiger partial charge < -0.3 is 10.2 Å². The second-order valence-electron chi connectivity index (χ2n) is 3.10. The largest absolute Gasteiger partial charge is 0.339 e. The quantitative estimate of drug-likeness (QED) is 0.576. The van der Waals surface area contributed by atoms with Crippen molar-refractivity contribution in [2.75, 3.05) is 6.54 Å². The number of hydrogen-bond acceptors (Lipinski definition) is 5. The Hall–Kier alpha value is -0.460. The molecule has 1 saturated heterocycles. The molecule has 0 saturated carbocycles. The maximum absolute atomic E-state index is 11.6. The van der Waals surface area contributed by atoms with Gasteiger partial charge in [0.05, 0.1) is 5.03 Å². The molecule has 15 heavy (non-hydrogen) atoms. The molecule has 6 heteroatoms. The summed E-state index contributed by atoms with van der Waals surface area (Å²) < 4.78 is 0.545. The number of rotatable bonds is 1. The third-order valence-corrected chi connectivity index (χ3v) is 4.60. The Labute approximate surface area is 102 Å². The van der Waals surface area contributed by atoms with Crippen molar-refractivity contribution in [1.82, 2.24) is 10.2 Å². The summed E-state index contributed by atoms with van der Waals surface area (Å²) in [6, 6.07) is 0. The molecule has 2 heterocycles. The van der Waals surface area contributed by atoms with E-state index in [4.69, 9.17) is 12.2 Å². The van der Waals surface area contributed by atoms with Crippen molar-refractivity contribution in [3.63, 3.8) is 0 Å². The highest BCUT2D eigenvalue weighted by atomic mass is 32.2. The normalized spacial score (nSPS) is 26.0. The van der Waals surface area contributed by atoms with Crippen molar-refractivity contribution >= 4 is 46.0 Å². The van der Waals surface area contributed by atoms with E-state index in [1.165, 1.54) is 17.5 Å². The number of carbonyl (C=O) groups is 1. The minimum atomic E-state index is -0.0750.